The van der Waals surface area contributed by atoms with Gasteiger partial charge in [0.2, 0.25) is 0 Å². The van der Waals surface area contributed by atoms with Gasteiger partial charge in [-0.2, -0.15) is 0 Å². The fourth-order valence-electron chi connectivity index (χ4n) is 4.19. The van der Waals surface area contributed by atoms with Crippen LogP contribution in [0.15, 0.2) is 72.8 Å². The molecule has 4 aromatic rings. The third kappa shape index (κ3) is 3.37. The third-order valence-corrected chi connectivity index (χ3v) is 5.78. The van der Waals surface area contributed by atoms with Crippen LogP contribution in [0.1, 0.15) is 16.8 Å². The highest BCUT2D eigenvalue weighted by atomic mass is 16.5. The SMILES string of the molecule is COC1CCN(c2ccc(NC(=O)c3c4ccccc4nc4ccccc34)cc2)C1. The van der Waals surface area contributed by atoms with Crippen molar-refractivity contribution in [2.24, 2.45) is 0 Å². The van der Waals surface area contributed by atoms with E-state index in [9.17, 15) is 4.79 Å². The van der Waals surface area contributed by atoms with Gasteiger partial charge in [0.25, 0.3) is 5.91 Å². The molecule has 0 bridgehead atoms. The van der Waals surface area contributed by atoms with E-state index in [1.807, 2.05) is 60.7 Å². The second-order valence-electron chi connectivity index (χ2n) is 7.61. The van der Waals surface area contributed by atoms with Crippen LogP contribution >= 0.6 is 0 Å². The van der Waals surface area contributed by atoms with Crippen molar-refractivity contribution in [3.05, 3.63) is 78.4 Å². The Morgan fingerprint density at radius 3 is 2.20 bits per heavy atom. The van der Waals surface area contributed by atoms with Gasteiger partial charge in [-0.25, -0.2) is 4.98 Å². The maximum atomic E-state index is 13.3. The van der Waals surface area contributed by atoms with Gasteiger partial charge in [0.15, 0.2) is 0 Å². The Labute approximate surface area is 175 Å². The standard InChI is InChI=1S/C25H23N3O2/c1-30-19-14-15-28(16-19)18-12-10-17(11-13-18)26-25(29)24-20-6-2-4-8-22(20)27-23-9-5-3-7-21(23)24/h2-13,19H,14-16H2,1H3,(H,26,29). The number of anilines is 2. The number of nitrogens with zero attached hydrogens (tertiary/aromatic N) is 2. The predicted molar refractivity (Wildman–Crippen MR) is 121 cm³/mol. The van der Waals surface area contributed by atoms with Gasteiger partial charge in [0.1, 0.15) is 0 Å². The molecule has 1 atom stereocenters. The number of rotatable bonds is 4. The summed E-state index contributed by atoms with van der Waals surface area (Å²) in [5.41, 5.74) is 4.21. The first kappa shape index (κ1) is 18.6. The van der Waals surface area contributed by atoms with Crippen LogP contribution in [0.3, 0.4) is 0 Å². The molecule has 1 amide bonds. The zero-order valence-electron chi connectivity index (χ0n) is 16.8. The average Bonchev–Trinajstić information content (AvgIpc) is 3.27. The summed E-state index contributed by atoms with van der Waals surface area (Å²) in [5, 5.41) is 4.78. The fraction of sp³-hybridized carbons (Fsp3) is 0.200. The number of aromatic nitrogens is 1. The molecule has 1 fully saturated rings. The quantitative estimate of drug-likeness (QED) is 0.500. The summed E-state index contributed by atoms with van der Waals surface area (Å²) in [6.45, 7) is 1.89. The molecule has 5 nitrogen and oxygen atoms in total. The Morgan fingerprint density at radius 2 is 1.60 bits per heavy atom. The molecule has 1 unspecified atom stereocenters. The first-order chi connectivity index (χ1) is 14.7. The first-order valence-electron chi connectivity index (χ1n) is 10.2. The lowest BCUT2D eigenvalue weighted by atomic mass is 10.0. The predicted octanol–water partition coefficient (Wildman–Crippen LogP) is 4.87. The van der Waals surface area contributed by atoms with Gasteiger partial charge < -0.3 is 15.0 Å². The number of nitrogens with one attached hydrogen (secondary N) is 1. The topological polar surface area (TPSA) is 54.5 Å². The number of para-hydroxylation sites is 2. The molecule has 5 rings (SSSR count). The largest absolute Gasteiger partial charge is 0.380 e. The summed E-state index contributed by atoms with van der Waals surface area (Å²) < 4.78 is 5.45. The van der Waals surface area contributed by atoms with Gasteiger partial charge >= 0.3 is 0 Å². The fourth-order valence-corrected chi connectivity index (χ4v) is 4.19. The number of pyridine rings is 1. The van der Waals surface area contributed by atoms with Crippen LogP contribution in [0, 0.1) is 0 Å². The molecule has 1 saturated heterocycles. The second-order valence-corrected chi connectivity index (χ2v) is 7.61. The number of fused-ring (bicyclic) bond motifs is 2. The highest BCUT2D eigenvalue weighted by Crippen LogP contribution is 2.28. The van der Waals surface area contributed by atoms with Crippen LogP contribution < -0.4 is 10.2 Å². The van der Waals surface area contributed by atoms with E-state index in [2.05, 4.69) is 22.3 Å². The van der Waals surface area contributed by atoms with Crippen LogP contribution in [-0.2, 0) is 4.74 Å². The molecule has 0 spiro atoms. The molecule has 1 aromatic heterocycles. The smallest absolute Gasteiger partial charge is 0.257 e. The van der Waals surface area contributed by atoms with Crippen LogP contribution in [0.25, 0.3) is 21.8 Å². The lowest BCUT2D eigenvalue weighted by molar-refractivity contribution is 0.102. The molecule has 30 heavy (non-hydrogen) atoms. The van der Waals surface area contributed by atoms with E-state index in [0.29, 0.717) is 5.56 Å². The number of methoxy groups -OCH3 is 1. The van der Waals surface area contributed by atoms with Gasteiger partial charge in [-0.1, -0.05) is 36.4 Å². The zero-order valence-corrected chi connectivity index (χ0v) is 16.8. The summed E-state index contributed by atoms with van der Waals surface area (Å²) in [4.78, 5) is 20.3. The monoisotopic (exact) mass is 397 g/mol. The van der Waals surface area contributed by atoms with Crippen LogP contribution in [-0.4, -0.2) is 37.2 Å². The van der Waals surface area contributed by atoms with Crippen molar-refractivity contribution >= 4 is 39.1 Å². The maximum absolute atomic E-state index is 13.3. The second kappa shape index (κ2) is 7.76. The molecule has 0 saturated carbocycles. The molecule has 3 aromatic carbocycles. The zero-order chi connectivity index (χ0) is 20.5. The molecule has 1 N–H and O–H groups in total. The van der Waals surface area contributed by atoms with Crippen molar-refractivity contribution in [2.45, 2.75) is 12.5 Å². The van der Waals surface area contributed by atoms with E-state index < -0.39 is 0 Å². The molecule has 1 aliphatic heterocycles. The Bertz CT molecular complexity index is 1170. The van der Waals surface area contributed by atoms with E-state index in [1.54, 1.807) is 7.11 Å². The van der Waals surface area contributed by atoms with E-state index in [-0.39, 0.29) is 12.0 Å². The Hall–Kier alpha value is -3.44. The van der Waals surface area contributed by atoms with Gasteiger partial charge in [0, 0.05) is 42.3 Å². The van der Waals surface area contributed by atoms with Gasteiger partial charge in [-0.15, -0.1) is 0 Å². The van der Waals surface area contributed by atoms with Crippen molar-refractivity contribution in [3.8, 4) is 0 Å². The van der Waals surface area contributed by atoms with Gasteiger partial charge in [0.05, 0.1) is 22.7 Å². The summed E-state index contributed by atoms with van der Waals surface area (Å²) >= 11 is 0. The average molecular weight is 397 g/mol. The Kier molecular flexibility index (Phi) is 4.81. The van der Waals surface area contributed by atoms with E-state index in [1.165, 1.54) is 0 Å². The number of carbonyl (C=O) groups is 1. The number of hydrogen-bond donors (Lipinski definition) is 1. The molecule has 2 heterocycles. The summed E-state index contributed by atoms with van der Waals surface area (Å²) in [7, 11) is 1.76. The highest BCUT2D eigenvalue weighted by molar-refractivity contribution is 6.20. The molecule has 0 radical (unpaired) electrons. The summed E-state index contributed by atoms with van der Waals surface area (Å²) in [6, 6.07) is 23.6. The Morgan fingerprint density at radius 1 is 0.967 bits per heavy atom. The molecular formula is C25H23N3O2. The minimum absolute atomic E-state index is 0.127. The number of hydrogen-bond acceptors (Lipinski definition) is 4. The number of ether oxygens (including phenoxy) is 1. The van der Waals surface area contributed by atoms with Gasteiger partial charge in [-0.3, -0.25) is 4.79 Å². The molecule has 150 valence electrons. The molecule has 5 heteroatoms. The van der Waals surface area contributed by atoms with Crippen molar-refractivity contribution in [2.75, 3.05) is 30.4 Å². The third-order valence-electron chi connectivity index (χ3n) is 5.78. The van der Waals surface area contributed by atoms with Crippen LogP contribution in [0.4, 0.5) is 11.4 Å². The number of benzene rings is 3. The highest BCUT2D eigenvalue weighted by Gasteiger charge is 2.22. The minimum Gasteiger partial charge on any atom is -0.380 e. The van der Waals surface area contributed by atoms with Crippen molar-refractivity contribution < 1.29 is 9.53 Å². The number of amides is 1. The van der Waals surface area contributed by atoms with Crippen molar-refractivity contribution in [1.29, 1.82) is 0 Å². The lowest BCUT2D eigenvalue weighted by Crippen LogP contribution is -2.22. The molecule has 0 aliphatic carbocycles. The van der Waals surface area contributed by atoms with E-state index >= 15 is 0 Å². The maximum Gasteiger partial charge on any atom is 0.257 e. The van der Waals surface area contributed by atoms with E-state index in [0.717, 1.165) is 52.7 Å². The first-order valence-corrected chi connectivity index (χ1v) is 10.2. The van der Waals surface area contributed by atoms with Crippen LogP contribution in [0.5, 0.6) is 0 Å². The normalized spacial score (nSPS) is 16.3. The molecular weight excluding hydrogens is 374 g/mol. The number of carbonyl (C=O) groups excluding carboxylic acids is 1. The Balaban J connectivity index is 1.45. The summed E-state index contributed by atoms with van der Waals surface area (Å²) in [6.07, 6.45) is 1.33. The van der Waals surface area contributed by atoms with Crippen LogP contribution in [0.2, 0.25) is 0 Å². The molecule has 1 aliphatic rings. The summed E-state index contributed by atoms with van der Waals surface area (Å²) in [5.74, 6) is -0.127. The van der Waals surface area contributed by atoms with E-state index in [4.69, 9.17) is 9.72 Å². The lowest BCUT2D eigenvalue weighted by Gasteiger charge is -2.19. The van der Waals surface area contributed by atoms with Crippen molar-refractivity contribution in [1.82, 2.24) is 4.98 Å². The minimum atomic E-state index is -0.127. The van der Waals surface area contributed by atoms with Crippen molar-refractivity contribution in [3.63, 3.8) is 0 Å². The van der Waals surface area contributed by atoms with Gasteiger partial charge in [-0.05, 0) is 42.8 Å².